The van der Waals surface area contributed by atoms with Crippen molar-refractivity contribution in [2.45, 2.75) is 13.1 Å². The quantitative estimate of drug-likeness (QED) is 0.370. The number of esters is 1. The Labute approximate surface area is 169 Å². The van der Waals surface area contributed by atoms with Gasteiger partial charge in [-0.3, -0.25) is 0 Å². The number of nitrogens with zero attached hydrogens (tertiary/aromatic N) is 3. The predicted molar refractivity (Wildman–Crippen MR) is 100 cm³/mol. The minimum absolute atomic E-state index is 0.173. The minimum Gasteiger partial charge on any atom is -0.413 e. The van der Waals surface area contributed by atoms with Crippen molar-refractivity contribution >= 4 is 40.1 Å². The Morgan fingerprint density at radius 1 is 1.14 bits per heavy atom. The van der Waals surface area contributed by atoms with Gasteiger partial charge in [0.1, 0.15) is 0 Å². The Hall–Kier alpha value is -2.76. The summed E-state index contributed by atoms with van der Waals surface area (Å²) in [4.78, 5) is 16.5. The van der Waals surface area contributed by atoms with E-state index in [1.54, 1.807) is 37.3 Å². The van der Waals surface area contributed by atoms with E-state index in [1.165, 1.54) is 6.07 Å². The summed E-state index contributed by atoms with van der Waals surface area (Å²) in [7, 11) is 0. The fourth-order valence-corrected chi connectivity index (χ4v) is 3.38. The summed E-state index contributed by atoms with van der Waals surface area (Å²) in [6, 6.07) is 9.98. The van der Waals surface area contributed by atoms with Gasteiger partial charge < -0.3 is 9.15 Å². The zero-order chi connectivity index (χ0) is 20.1. The van der Waals surface area contributed by atoms with Crippen LogP contribution in [-0.4, -0.2) is 22.1 Å². The lowest BCUT2D eigenvalue weighted by molar-refractivity contribution is -0.156. The van der Waals surface area contributed by atoms with E-state index in [9.17, 15) is 18.0 Å². The third kappa shape index (κ3) is 3.28. The van der Waals surface area contributed by atoms with Crippen molar-refractivity contribution in [3.63, 3.8) is 0 Å². The zero-order valence-electron chi connectivity index (χ0n) is 14.0. The number of benzene rings is 2. The Kier molecular flexibility index (Phi) is 4.44. The number of hydrogen-bond acceptors (Lipinski definition) is 6. The van der Waals surface area contributed by atoms with Crippen LogP contribution in [0.2, 0.25) is 0 Å². The number of fused-ring (bicyclic) bond motifs is 1. The van der Waals surface area contributed by atoms with Gasteiger partial charge in [-0.15, -0.1) is 10.2 Å². The minimum atomic E-state index is -4.70. The van der Waals surface area contributed by atoms with Crippen molar-refractivity contribution in [1.82, 2.24) is 10.2 Å². The van der Waals surface area contributed by atoms with E-state index in [0.29, 0.717) is 27.9 Å². The number of carbonyl (C=O) groups is 1. The number of aliphatic imine (C=N–C) groups is 1. The highest BCUT2D eigenvalue weighted by molar-refractivity contribution is 14.1. The fraction of sp³-hybridized carbons (Fsp3) is 0.111. The van der Waals surface area contributed by atoms with Gasteiger partial charge in [-0.05, 0) is 65.4 Å². The van der Waals surface area contributed by atoms with Crippen LogP contribution < -0.4 is 0 Å². The molecule has 0 saturated carbocycles. The van der Waals surface area contributed by atoms with Crippen molar-refractivity contribution in [3.8, 4) is 11.5 Å². The molecule has 0 amide bonds. The molecule has 142 valence electrons. The number of aromatic nitrogens is 2. The zero-order valence-corrected chi connectivity index (χ0v) is 16.2. The molecule has 10 heteroatoms. The molecule has 0 fully saturated rings. The molecular weight excluding hydrogens is 490 g/mol. The third-order valence-electron chi connectivity index (χ3n) is 3.97. The molecule has 28 heavy (non-hydrogen) atoms. The first-order valence-electron chi connectivity index (χ1n) is 7.85. The first-order valence-corrected chi connectivity index (χ1v) is 8.93. The van der Waals surface area contributed by atoms with Gasteiger partial charge in [0, 0.05) is 9.13 Å². The second-order valence-electron chi connectivity index (χ2n) is 5.88. The summed E-state index contributed by atoms with van der Waals surface area (Å²) in [6.07, 6.45) is -4.70. The van der Waals surface area contributed by atoms with Crippen molar-refractivity contribution in [2.24, 2.45) is 4.99 Å². The predicted octanol–water partition coefficient (Wildman–Crippen LogP) is 4.92. The van der Waals surface area contributed by atoms with Crippen molar-refractivity contribution in [1.29, 1.82) is 0 Å². The number of alkyl halides is 3. The highest BCUT2D eigenvalue weighted by atomic mass is 127. The van der Waals surface area contributed by atoms with Gasteiger partial charge in [0.15, 0.2) is 0 Å². The second kappa shape index (κ2) is 6.69. The maximum Gasteiger partial charge on any atom is 0.470 e. The number of hydrogen-bond donors (Lipinski definition) is 0. The lowest BCUT2D eigenvalue weighted by atomic mass is 10.1. The van der Waals surface area contributed by atoms with E-state index in [1.807, 2.05) is 22.6 Å². The molecule has 0 N–H and O–H groups in total. The molecule has 0 bridgehead atoms. The van der Waals surface area contributed by atoms with Gasteiger partial charge in [-0.1, -0.05) is 6.07 Å². The number of rotatable bonds is 2. The summed E-state index contributed by atoms with van der Waals surface area (Å²) < 4.78 is 48.5. The van der Waals surface area contributed by atoms with Crippen LogP contribution in [-0.2, 0) is 10.9 Å². The summed E-state index contributed by atoms with van der Waals surface area (Å²) in [5, 5.41) is 6.45. The molecule has 2 heterocycles. The highest BCUT2D eigenvalue weighted by Gasteiger charge is 2.38. The van der Waals surface area contributed by atoms with Crippen LogP contribution in [0, 0.1) is 10.5 Å². The Morgan fingerprint density at radius 3 is 2.61 bits per heavy atom. The monoisotopic (exact) mass is 499 g/mol. The second-order valence-corrected chi connectivity index (χ2v) is 7.04. The number of ether oxygens (including phenoxy) is 1. The first kappa shape index (κ1) is 18.6. The summed E-state index contributed by atoms with van der Waals surface area (Å²) in [5.74, 6) is -1.96. The van der Waals surface area contributed by atoms with Crippen LogP contribution in [0.25, 0.3) is 11.5 Å². The van der Waals surface area contributed by atoms with E-state index in [0.717, 1.165) is 3.57 Å². The molecule has 0 saturated heterocycles. The molecule has 6 nitrogen and oxygen atoms in total. The molecule has 2 aromatic carbocycles. The molecule has 0 aliphatic carbocycles. The van der Waals surface area contributed by atoms with Gasteiger partial charge in [0.2, 0.25) is 11.8 Å². The Bertz CT molecular complexity index is 1140. The van der Waals surface area contributed by atoms with Crippen LogP contribution in [0.4, 0.5) is 18.9 Å². The van der Waals surface area contributed by atoms with Crippen LogP contribution in [0.5, 0.6) is 0 Å². The van der Waals surface area contributed by atoms with Gasteiger partial charge in [0.25, 0.3) is 0 Å². The highest BCUT2D eigenvalue weighted by Crippen LogP contribution is 2.33. The molecule has 0 unspecified atom stereocenters. The summed E-state index contributed by atoms with van der Waals surface area (Å²) in [5.41, 5.74) is 2.50. The van der Waals surface area contributed by atoms with E-state index in [4.69, 9.17) is 4.74 Å². The van der Waals surface area contributed by atoms with Gasteiger partial charge in [-0.2, -0.15) is 13.2 Å². The smallest absolute Gasteiger partial charge is 0.413 e. The van der Waals surface area contributed by atoms with Crippen LogP contribution in [0.15, 0.2) is 45.8 Å². The molecule has 0 radical (unpaired) electrons. The normalized spacial score (nSPS) is 15.0. The van der Waals surface area contributed by atoms with E-state index >= 15 is 0 Å². The van der Waals surface area contributed by atoms with E-state index in [-0.39, 0.29) is 11.8 Å². The summed E-state index contributed by atoms with van der Waals surface area (Å²) >= 11 is 2.05. The molecule has 0 atom stereocenters. The first-order chi connectivity index (χ1) is 13.2. The van der Waals surface area contributed by atoms with Crippen LogP contribution in [0.3, 0.4) is 0 Å². The van der Waals surface area contributed by atoms with Crippen LogP contribution >= 0.6 is 22.6 Å². The Morgan fingerprint density at radius 2 is 1.93 bits per heavy atom. The maximum absolute atomic E-state index is 12.6. The van der Waals surface area contributed by atoms with Gasteiger partial charge in [-0.25, -0.2) is 9.79 Å². The molecule has 1 aliphatic rings. The van der Waals surface area contributed by atoms with E-state index in [2.05, 4.69) is 19.6 Å². The lowest BCUT2D eigenvalue weighted by Crippen LogP contribution is -2.04. The lowest BCUT2D eigenvalue weighted by Gasteiger charge is -2.04. The molecule has 0 spiro atoms. The largest absolute Gasteiger partial charge is 0.470 e. The molecule has 1 aromatic heterocycles. The van der Waals surface area contributed by atoms with Crippen molar-refractivity contribution < 1.29 is 27.1 Å². The number of aryl methyl sites for hydroxylation is 1. The van der Waals surface area contributed by atoms with Gasteiger partial charge in [0.05, 0.1) is 16.8 Å². The summed E-state index contributed by atoms with van der Waals surface area (Å²) in [6.45, 7) is 1.72. The average molecular weight is 499 g/mol. The van der Waals surface area contributed by atoms with Crippen molar-refractivity contribution in [2.75, 3.05) is 0 Å². The van der Waals surface area contributed by atoms with Crippen LogP contribution in [0.1, 0.15) is 27.4 Å². The van der Waals surface area contributed by atoms with E-state index < -0.39 is 18.0 Å². The molecule has 3 aromatic rings. The number of cyclic esters (lactones) is 1. The number of carbonyl (C=O) groups excluding carboxylic acids is 1. The SMILES string of the molecule is Cc1cc(-c2nnc(C(F)(F)F)o2)ccc1N=C1OC(=O)c2c(I)cccc21. The topological polar surface area (TPSA) is 77.6 Å². The third-order valence-corrected chi connectivity index (χ3v) is 4.87. The number of halogens is 4. The fourth-order valence-electron chi connectivity index (χ4n) is 2.66. The average Bonchev–Trinajstić information content (AvgIpc) is 3.23. The molecule has 1 aliphatic heterocycles. The Balaban J connectivity index is 1.69. The standard InChI is InChI=1S/C18H9F3IN3O3/c1-8-7-9(14-24-25-17(28-14)18(19,20)21)5-6-12(8)23-15-10-3-2-4-11(22)13(10)16(26)27-15/h2-7H,1H3. The maximum atomic E-state index is 12.6. The van der Waals surface area contributed by atoms with Crippen molar-refractivity contribution in [3.05, 3.63) is 62.5 Å². The molecule has 4 rings (SSSR count). The van der Waals surface area contributed by atoms with Gasteiger partial charge >= 0.3 is 18.0 Å². The molecular formula is C18H9F3IN3O3.